The number of fused-ring (bicyclic) bond motifs is 1. The van der Waals surface area contributed by atoms with Crippen LogP contribution in [0.4, 0.5) is 9.18 Å². The van der Waals surface area contributed by atoms with Crippen LogP contribution in [0.25, 0.3) is 11.0 Å². The highest BCUT2D eigenvalue weighted by atomic mass is 19.1. The molecule has 3 heterocycles. The summed E-state index contributed by atoms with van der Waals surface area (Å²) in [5, 5.41) is 14.3. The van der Waals surface area contributed by atoms with Crippen LogP contribution in [0, 0.1) is 0 Å². The van der Waals surface area contributed by atoms with Crippen LogP contribution in [0.15, 0.2) is 36.7 Å². The molecule has 1 aliphatic rings. The maximum Gasteiger partial charge on any atom is 0.407 e. The smallest absolute Gasteiger partial charge is 0.407 e. The van der Waals surface area contributed by atoms with Crippen molar-refractivity contribution < 1.29 is 19.0 Å². The first-order chi connectivity index (χ1) is 13.5. The van der Waals surface area contributed by atoms with E-state index in [4.69, 9.17) is 9.84 Å². The SMILES string of the molecule is COc1ccc(Cn2cc3cnc(C4CCN(C(=O)O)CC4F)nc3n2)cc1. The summed E-state index contributed by atoms with van der Waals surface area (Å²) in [6, 6.07) is 7.71. The van der Waals surface area contributed by atoms with Crippen LogP contribution in [0.1, 0.15) is 23.7 Å². The minimum absolute atomic E-state index is 0.159. The summed E-state index contributed by atoms with van der Waals surface area (Å²) in [6.07, 6.45) is 1.42. The molecule has 1 aromatic carbocycles. The molecule has 4 rings (SSSR count). The third kappa shape index (κ3) is 3.60. The number of piperidine rings is 1. The summed E-state index contributed by atoms with van der Waals surface area (Å²) in [7, 11) is 1.62. The van der Waals surface area contributed by atoms with E-state index in [9.17, 15) is 9.18 Å². The van der Waals surface area contributed by atoms with Gasteiger partial charge in [0.2, 0.25) is 0 Å². The number of halogens is 1. The van der Waals surface area contributed by atoms with E-state index >= 15 is 0 Å². The van der Waals surface area contributed by atoms with E-state index in [-0.39, 0.29) is 13.1 Å². The molecule has 0 bridgehead atoms. The van der Waals surface area contributed by atoms with Gasteiger partial charge in [-0.2, -0.15) is 5.10 Å². The minimum atomic E-state index is -1.33. The number of aromatic nitrogens is 4. The lowest BCUT2D eigenvalue weighted by Crippen LogP contribution is -2.43. The van der Waals surface area contributed by atoms with Crippen LogP contribution in [0.2, 0.25) is 0 Å². The molecule has 2 unspecified atom stereocenters. The second-order valence-electron chi connectivity index (χ2n) is 6.82. The van der Waals surface area contributed by atoms with Gasteiger partial charge in [-0.05, 0) is 24.1 Å². The van der Waals surface area contributed by atoms with E-state index in [2.05, 4.69) is 15.1 Å². The summed E-state index contributed by atoms with van der Waals surface area (Å²) in [5.41, 5.74) is 1.57. The Morgan fingerprint density at radius 3 is 2.82 bits per heavy atom. The first-order valence-electron chi connectivity index (χ1n) is 8.98. The summed E-state index contributed by atoms with van der Waals surface area (Å²) in [6.45, 7) is 0.680. The molecule has 28 heavy (non-hydrogen) atoms. The number of amides is 1. The van der Waals surface area contributed by atoms with Gasteiger partial charge in [0.25, 0.3) is 0 Å². The lowest BCUT2D eigenvalue weighted by molar-refractivity contribution is 0.0946. The first-order valence-corrected chi connectivity index (χ1v) is 8.98. The van der Waals surface area contributed by atoms with Crippen molar-refractivity contribution in [2.45, 2.75) is 25.1 Å². The van der Waals surface area contributed by atoms with Gasteiger partial charge in [0.1, 0.15) is 17.7 Å². The molecule has 2 aromatic heterocycles. The topological polar surface area (TPSA) is 93.4 Å². The molecule has 0 saturated carbocycles. The third-order valence-corrected chi connectivity index (χ3v) is 4.97. The Hall–Kier alpha value is -3.23. The zero-order chi connectivity index (χ0) is 19.7. The Bertz CT molecular complexity index is 991. The molecule has 1 saturated heterocycles. The molecule has 0 radical (unpaired) electrons. The molecule has 1 aliphatic heterocycles. The molecule has 0 aliphatic carbocycles. The molecule has 146 valence electrons. The molecule has 8 nitrogen and oxygen atoms in total. The predicted molar refractivity (Wildman–Crippen MR) is 99.3 cm³/mol. The number of carboxylic acid groups (broad SMARTS) is 1. The highest BCUT2D eigenvalue weighted by molar-refractivity contribution is 5.72. The number of likely N-dealkylation sites (tertiary alicyclic amines) is 1. The molecule has 0 spiro atoms. The molecular formula is C19H20FN5O3. The lowest BCUT2D eigenvalue weighted by Gasteiger charge is -2.31. The third-order valence-electron chi connectivity index (χ3n) is 4.97. The molecule has 2 atom stereocenters. The largest absolute Gasteiger partial charge is 0.497 e. The first kappa shape index (κ1) is 18.1. The van der Waals surface area contributed by atoms with E-state index in [1.165, 1.54) is 0 Å². The van der Waals surface area contributed by atoms with Crippen molar-refractivity contribution in [2.24, 2.45) is 0 Å². The maximum atomic E-state index is 14.5. The van der Waals surface area contributed by atoms with Crippen LogP contribution >= 0.6 is 0 Å². The molecule has 3 aromatic rings. The summed E-state index contributed by atoms with van der Waals surface area (Å²) in [5.74, 6) is 0.645. The normalized spacial score (nSPS) is 19.7. The van der Waals surface area contributed by atoms with E-state index in [0.29, 0.717) is 24.4 Å². The Labute approximate surface area is 160 Å². The van der Waals surface area contributed by atoms with Gasteiger partial charge in [-0.3, -0.25) is 4.68 Å². The van der Waals surface area contributed by atoms with Gasteiger partial charge < -0.3 is 14.7 Å². The Kier molecular flexibility index (Phi) is 4.81. The molecular weight excluding hydrogens is 365 g/mol. The zero-order valence-corrected chi connectivity index (χ0v) is 15.3. The Morgan fingerprint density at radius 1 is 1.36 bits per heavy atom. The fraction of sp³-hybridized carbons (Fsp3) is 0.368. The number of ether oxygens (including phenoxy) is 1. The lowest BCUT2D eigenvalue weighted by atomic mass is 9.94. The van der Waals surface area contributed by atoms with Crippen LogP contribution in [0.5, 0.6) is 5.75 Å². The van der Waals surface area contributed by atoms with E-state index in [0.717, 1.165) is 21.6 Å². The quantitative estimate of drug-likeness (QED) is 0.742. The minimum Gasteiger partial charge on any atom is -0.497 e. The monoisotopic (exact) mass is 385 g/mol. The van der Waals surface area contributed by atoms with Gasteiger partial charge in [-0.25, -0.2) is 19.2 Å². The van der Waals surface area contributed by atoms with Gasteiger partial charge >= 0.3 is 6.09 Å². The molecule has 1 amide bonds. The fourth-order valence-electron chi connectivity index (χ4n) is 3.42. The van der Waals surface area contributed by atoms with Crippen molar-refractivity contribution in [3.8, 4) is 5.75 Å². The van der Waals surface area contributed by atoms with Crippen LogP contribution < -0.4 is 4.74 Å². The van der Waals surface area contributed by atoms with Crippen molar-refractivity contribution in [3.05, 3.63) is 48.0 Å². The maximum absolute atomic E-state index is 14.5. The van der Waals surface area contributed by atoms with E-state index < -0.39 is 18.2 Å². The van der Waals surface area contributed by atoms with E-state index in [1.807, 2.05) is 30.5 Å². The summed E-state index contributed by atoms with van der Waals surface area (Å²) < 4.78 is 21.4. The molecule has 1 N–H and O–H groups in total. The summed E-state index contributed by atoms with van der Waals surface area (Å²) in [4.78, 5) is 20.8. The number of hydrogen-bond acceptors (Lipinski definition) is 5. The van der Waals surface area contributed by atoms with Gasteiger partial charge in [0.05, 0.1) is 31.5 Å². The zero-order valence-electron chi connectivity index (χ0n) is 15.3. The van der Waals surface area contributed by atoms with Crippen LogP contribution in [-0.2, 0) is 6.54 Å². The van der Waals surface area contributed by atoms with Crippen molar-refractivity contribution in [1.29, 1.82) is 0 Å². The van der Waals surface area contributed by atoms with Crippen molar-refractivity contribution in [2.75, 3.05) is 20.2 Å². The second kappa shape index (κ2) is 7.41. The predicted octanol–water partition coefficient (Wildman–Crippen LogP) is 2.69. The van der Waals surface area contributed by atoms with Crippen molar-refractivity contribution in [3.63, 3.8) is 0 Å². The van der Waals surface area contributed by atoms with Crippen LogP contribution in [-0.4, -0.2) is 62.2 Å². The van der Waals surface area contributed by atoms with Gasteiger partial charge in [-0.1, -0.05) is 12.1 Å². The number of nitrogens with zero attached hydrogens (tertiary/aromatic N) is 5. The number of hydrogen-bond donors (Lipinski definition) is 1. The standard InChI is InChI=1S/C19H20FN5O3/c1-28-14-4-2-12(3-5-14)9-25-10-13-8-21-18(22-17(13)23-25)15-6-7-24(19(26)27)11-16(15)20/h2-5,8,10,15-16H,6-7,9,11H2,1H3,(H,26,27). The number of methoxy groups -OCH3 is 1. The number of carbonyl (C=O) groups is 1. The van der Waals surface area contributed by atoms with Gasteiger partial charge in [-0.15, -0.1) is 0 Å². The van der Waals surface area contributed by atoms with Crippen molar-refractivity contribution in [1.82, 2.24) is 24.6 Å². The highest BCUT2D eigenvalue weighted by Gasteiger charge is 2.34. The number of alkyl halides is 1. The highest BCUT2D eigenvalue weighted by Crippen LogP contribution is 2.29. The molecule has 9 heteroatoms. The molecule has 1 fully saturated rings. The Morgan fingerprint density at radius 2 is 2.14 bits per heavy atom. The van der Waals surface area contributed by atoms with E-state index in [1.54, 1.807) is 18.0 Å². The number of benzene rings is 1. The second-order valence-corrected chi connectivity index (χ2v) is 6.82. The fourth-order valence-corrected chi connectivity index (χ4v) is 3.42. The Balaban J connectivity index is 1.52. The number of rotatable bonds is 4. The van der Waals surface area contributed by atoms with Gasteiger partial charge in [0, 0.05) is 18.9 Å². The van der Waals surface area contributed by atoms with Gasteiger partial charge in [0.15, 0.2) is 5.65 Å². The van der Waals surface area contributed by atoms with Crippen LogP contribution in [0.3, 0.4) is 0 Å². The summed E-state index contributed by atoms with van der Waals surface area (Å²) >= 11 is 0. The van der Waals surface area contributed by atoms with Crippen molar-refractivity contribution >= 4 is 17.1 Å². The average molecular weight is 385 g/mol. The average Bonchev–Trinajstić information content (AvgIpc) is 3.09.